The molecule has 0 amide bonds. The molecule has 1 nitrogen and oxygen atoms in total. The molecule has 0 N–H and O–H groups in total. The Labute approximate surface area is 102 Å². The Morgan fingerprint density at radius 1 is 1.47 bits per heavy atom. The summed E-state index contributed by atoms with van der Waals surface area (Å²) in [6.07, 6.45) is 3.28. The largest absolute Gasteiger partial charge is 0.246 e. The fourth-order valence-electron chi connectivity index (χ4n) is 1.30. The van der Waals surface area contributed by atoms with Crippen molar-refractivity contribution in [2.45, 2.75) is 57.7 Å². The zero-order valence-corrected chi connectivity index (χ0v) is 11.6. The highest BCUT2D eigenvalue weighted by Gasteiger charge is 2.17. The van der Waals surface area contributed by atoms with Crippen molar-refractivity contribution in [1.82, 2.24) is 4.98 Å². The van der Waals surface area contributed by atoms with E-state index in [4.69, 9.17) is 11.6 Å². The summed E-state index contributed by atoms with van der Waals surface area (Å²) in [4.78, 5) is 4.65. The smallest absolute Gasteiger partial charge is 0.0928 e. The lowest BCUT2D eigenvalue weighted by atomic mass is 9.93. The van der Waals surface area contributed by atoms with Crippen molar-refractivity contribution in [3.05, 3.63) is 16.1 Å². The molecule has 0 radical (unpaired) electrons. The average molecular weight is 246 g/mol. The van der Waals surface area contributed by atoms with Gasteiger partial charge in [0.15, 0.2) is 0 Å². The Kier molecular flexibility index (Phi) is 4.60. The lowest BCUT2D eigenvalue weighted by molar-refractivity contribution is 0.569. The van der Waals surface area contributed by atoms with E-state index < -0.39 is 0 Å². The van der Waals surface area contributed by atoms with E-state index in [-0.39, 0.29) is 10.8 Å². The molecule has 0 aliphatic rings. The summed E-state index contributed by atoms with van der Waals surface area (Å²) in [7, 11) is 0. The lowest BCUT2D eigenvalue weighted by Crippen LogP contribution is -2.11. The standard InChI is InChI=1S/C12H20ClNS/c1-9(13)6-5-7-11-14-10(8-15-11)12(2,3)4/h8-9H,5-7H2,1-4H3. The van der Waals surface area contributed by atoms with E-state index in [9.17, 15) is 0 Å². The summed E-state index contributed by atoms with van der Waals surface area (Å²) in [6, 6.07) is 0. The summed E-state index contributed by atoms with van der Waals surface area (Å²) < 4.78 is 0. The van der Waals surface area contributed by atoms with Gasteiger partial charge in [-0.1, -0.05) is 20.8 Å². The van der Waals surface area contributed by atoms with Crippen molar-refractivity contribution >= 4 is 22.9 Å². The topological polar surface area (TPSA) is 12.9 Å². The van der Waals surface area contributed by atoms with E-state index in [0.717, 1.165) is 19.3 Å². The quantitative estimate of drug-likeness (QED) is 0.717. The van der Waals surface area contributed by atoms with E-state index in [1.54, 1.807) is 11.3 Å². The Morgan fingerprint density at radius 3 is 2.60 bits per heavy atom. The van der Waals surface area contributed by atoms with E-state index in [1.807, 2.05) is 6.92 Å². The van der Waals surface area contributed by atoms with Gasteiger partial charge < -0.3 is 0 Å². The van der Waals surface area contributed by atoms with Crippen LogP contribution in [-0.2, 0) is 11.8 Å². The van der Waals surface area contributed by atoms with Gasteiger partial charge in [-0.25, -0.2) is 4.98 Å². The van der Waals surface area contributed by atoms with E-state index in [0.29, 0.717) is 0 Å². The van der Waals surface area contributed by atoms with Crippen LogP contribution in [0.15, 0.2) is 5.38 Å². The van der Waals surface area contributed by atoms with Gasteiger partial charge in [-0.05, 0) is 26.2 Å². The summed E-state index contributed by atoms with van der Waals surface area (Å²) >= 11 is 7.68. The minimum Gasteiger partial charge on any atom is -0.246 e. The van der Waals surface area contributed by atoms with Crippen molar-refractivity contribution in [2.75, 3.05) is 0 Å². The molecule has 1 unspecified atom stereocenters. The predicted octanol–water partition coefficient (Wildman–Crippen LogP) is 4.39. The SMILES string of the molecule is CC(Cl)CCCc1nc(C(C)(C)C)cs1. The molecule has 1 aromatic heterocycles. The number of hydrogen-bond acceptors (Lipinski definition) is 2. The summed E-state index contributed by atoms with van der Waals surface area (Å²) in [5, 5.41) is 3.71. The fourth-order valence-corrected chi connectivity index (χ4v) is 2.53. The highest BCUT2D eigenvalue weighted by molar-refractivity contribution is 7.09. The first-order valence-corrected chi connectivity index (χ1v) is 6.80. The second-order valence-corrected chi connectivity index (χ2v) is 6.74. The first-order chi connectivity index (χ1) is 6.89. The summed E-state index contributed by atoms with van der Waals surface area (Å²) in [5.41, 5.74) is 1.38. The number of hydrogen-bond donors (Lipinski definition) is 0. The number of rotatable bonds is 4. The molecular formula is C12H20ClNS. The normalized spacial score (nSPS) is 14.2. The van der Waals surface area contributed by atoms with Crippen LogP contribution in [0.2, 0.25) is 0 Å². The molecule has 0 saturated heterocycles. The van der Waals surface area contributed by atoms with E-state index >= 15 is 0 Å². The summed E-state index contributed by atoms with van der Waals surface area (Å²) in [6.45, 7) is 8.65. The van der Waals surface area contributed by atoms with Crippen LogP contribution in [0.3, 0.4) is 0 Å². The van der Waals surface area contributed by atoms with Crippen LogP contribution in [0.4, 0.5) is 0 Å². The number of nitrogens with zero attached hydrogens (tertiary/aromatic N) is 1. The molecule has 0 spiro atoms. The maximum Gasteiger partial charge on any atom is 0.0928 e. The molecule has 0 fully saturated rings. The third kappa shape index (κ3) is 4.52. The van der Waals surface area contributed by atoms with Gasteiger partial charge in [-0.3, -0.25) is 0 Å². The molecule has 86 valence electrons. The molecule has 0 aromatic carbocycles. The monoisotopic (exact) mass is 245 g/mol. The minimum atomic E-state index is 0.175. The van der Waals surface area contributed by atoms with E-state index in [2.05, 4.69) is 31.1 Å². The molecule has 1 rings (SSSR count). The molecule has 1 heterocycles. The van der Waals surface area contributed by atoms with Gasteiger partial charge in [-0.15, -0.1) is 22.9 Å². The summed E-state index contributed by atoms with van der Waals surface area (Å²) in [5.74, 6) is 0. The minimum absolute atomic E-state index is 0.175. The lowest BCUT2D eigenvalue weighted by Gasteiger charge is -2.14. The first kappa shape index (κ1) is 13.0. The second kappa shape index (κ2) is 5.31. The van der Waals surface area contributed by atoms with Crippen LogP contribution in [-0.4, -0.2) is 10.4 Å². The van der Waals surface area contributed by atoms with Crippen LogP contribution < -0.4 is 0 Å². The Hall–Kier alpha value is -0.0800. The van der Waals surface area contributed by atoms with Crippen molar-refractivity contribution in [3.8, 4) is 0 Å². The molecule has 0 aliphatic heterocycles. The van der Waals surface area contributed by atoms with Gasteiger partial charge in [-0.2, -0.15) is 0 Å². The molecular weight excluding hydrogens is 226 g/mol. The Bertz CT molecular complexity index is 299. The van der Waals surface area contributed by atoms with Crippen LogP contribution in [0, 0.1) is 0 Å². The van der Waals surface area contributed by atoms with Gasteiger partial charge >= 0.3 is 0 Å². The number of halogens is 1. The van der Waals surface area contributed by atoms with Gasteiger partial charge in [0.25, 0.3) is 0 Å². The van der Waals surface area contributed by atoms with Gasteiger partial charge in [0, 0.05) is 16.2 Å². The Balaban J connectivity index is 2.47. The number of thiazole rings is 1. The fraction of sp³-hybridized carbons (Fsp3) is 0.750. The molecule has 1 atom stereocenters. The molecule has 1 aromatic rings. The maximum absolute atomic E-state index is 5.90. The molecule has 0 aliphatic carbocycles. The zero-order valence-electron chi connectivity index (χ0n) is 10.0. The van der Waals surface area contributed by atoms with Crippen LogP contribution in [0.25, 0.3) is 0 Å². The van der Waals surface area contributed by atoms with Crippen LogP contribution in [0.1, 0.15) is 51.2 Å². The second-order valence-electron chi connectivity index (χ2n) is 5.05. The van der Waals surface area contributed by atoms with Gasteiger partial charge in [0.2, 0.25) is 0 Å². The molecule has 0 bridgehead atoms. The van der Waals surface area contributed by atoms with Crippen LogP contribution in [0.5, 0.6) is 0 Å². The highest BCUT2D eigenvalue weighted by Crippen LogP contribution is 2.24. The van der Waals surface area contributed by atoms with Crippen LogP contribution >= 0.6 is 22.9 Å². The van der Waals surface area contributed by atoms with Crippen molar-refractivity contribution in [3.63, 3.8) is 0 Å². The van der Waals surface area contributed by atoms with Crippen molar-refractivity contribution < 1.29 is 0 Å². The van der Waals surface area contributed by atoms with Gasteiger partial charge in [0.05, 0.1) is 10.7 Å². The zero-order chi connectivity index (χ0) is 11.5. The Morgan fingerprint density at radius 2 is 2.13 bits per heavy atom. The van der Waals surface area contributed by atoms with E-state index in [1.165, 1.54) is 10.7 Å². The highest BCUT2D eigenvalue weighted by atomic mass is 35.5. The molecule has 3 heteroatoms. The third-order valence-electron chi connectivity index (χ3n) is 2.31. The number of alkyl halides is 1. The molecule has 0 saturated carbocycles. The van der Waals surface area contributed by atoms with Gasteiger partial charge in [0.1, 0.15) is 0 Å². The van der Waals surface area contributed by atoms with Crippen molar-refractivity contribution in [2.24, 2.45) is 0 Å². The molecule has 15 heavy (non-hydrogen) atoms. The average Bonchev–Trinajstić information content (AvgIpc) is 2.51. The maximum atomic E-state index is 5.90. The first-order valence-electron chi connectivity index (χ1n) is 5.48. The number of aromatic nitrogens is 1. The van der Waals surface area contributed by atoms with Crippen molar-refractivity contribution in [1.29, 1.82) is 0 Å². The third-order valence-corrected chi connectivity index (χ3v) is 3.44. The predicted molar refractivity (Wildman–Crippen MR) is 69.1 cm³/mol. The number of aryl methyl sites for hydroxylation is 1.